The largest absolute Gasteiger partial charge is 0.481 e. The van der Waals surface area contributed by atoms with Gasteiger partial charge >= 0.3 is 18.0 Å². The Balaban J connectivity index is 2.70. The molecule has 0 saturated carbocycles. The Hall–Kier alpha value is -1.79. The molecule has 0 bridgehead atoms. The monoisotopic (exact) mass is 272 g/mol. The van der Waals surface area contributed by atoms with Gasteiger partial charge in [0, 0.05) is 12.1 Å². The van der Waals surface area contributed by atoms with Crippen molar-refractivity contribution in [2.24, 2.45) is 0 Å². The molecule has 1 rings (SSSR count). The van der Waals surface area contributed by atoms with Crippen molar-refractivity contribution >= 4 is 18.0 Å². The van der Waals surface area contributed by atoms with Crippen LogP contribution in [0.5, 0.6) is 0 Å². The number of likely N-dealkylation sites (tertiary alicyclic amines) is 1. The number of urea groups is 1. The first-order valence-corrected chi connectivity index (χ1v) is 6.36. The van der Waals surface area contributed by atoms with Crippen LogP contribution in [-0.4, -0.2) is 51.2 Å². The molecule has 1 aliphatic heterocycles. The first-order valence-electron chi connectivity index (χ1n) is 6.36. The SMILES string of the molecule is CC1CCCC(C)N1C(=O)N[C@H](CC(=O)O)C(=O)O. The number of hydrogen-bond acceptors (Lipinski definition) is 3. The van der Waals surface area contributed by atoms with Gasteiger partial charge in [-0.2, -0.15) is 0 Å². The predicted molar refractivity (Wildman–Crippen MR) is 66.8 cm³/mol. The number of carboxylic acid groups (broad SMARTS) is 2. The summed E-state index contributed by atoms with van der Waals surface area (Å²) in [5, 5.41) is 19.8. The van der Waals surface area contributed by atoms with Gasteiger partial charge in [0.1, 0.15) is 6.04 Å². The predicted octanol–water partition coefficient (Wildman–Crippen LogP) is 0.887. The third-order valence-corrected chi connectivity index (χ3v) is 3.40. The summed E-state index contributed by atoms with van der Waals surface area (Å²) in [6.07, 6.45) is 2.14. The number of aliphatic carboxylic acids is 2. The van der Waals surface area contributed by atoms with Crippen LogP contribution in [0, 0.1) is 0 Å². The average Bonchev–Trinajstić information content (AvgIpc) is 2.27. The van der Waals surface area contributed by atoms with Crippen LogP contribution in [0.2, 0.25) is 0 Å². The molecule has 0 aromatic rings. The van der Waals surface area contributed by atoms with Crippen molar-refractivity contribution < 1.29 is 24.6 Å². The summed E-state index contributed by atoms with van der Waals surface area (Å²) in [6.45, 7) is 3.81. The number of carbonyl (C=O) groups is 3. The highest BCUT2D eigenvalue weighted by Gasteiger charge is 2.32. The summed E-state index contributed by atoms with van der Waals surface area (Å²) < 4.78 is 0. The van der Waals surface area contributed by atoms with Gasteiger partial charge in [0.15, 0.2) is 0 Å². The lowest BCUT2D eigenvalue weighted by Gasteiger charge is -2.39. The summed E-state index contributed by atoms with van der Waals surface area (Å²) in [7, 11) is 0. The second-order valence-corrected chi connectivity index (χ2v) is 4.97. The molecule has 2 amide bonds. The summed E-state index contributed by atoms with van der Waals surface area (Å²) in [4.78, 5) is 35.2. The molecule has 3 N–H and O–H groups in total. The molecule has 0 aromatic heterocycles. The summed E-state index contributed by atoms with van der Waals surface area (Å²) >= 11 is 0. The molecule has 0 aliphatic carbocycles. The number of nitrogens with one attached hydrogen (secondary N) is 1. The van der Waals surface area contributed by atoms with Gasteiger partial charge in [0.2, 0.25) is 0 Å². The molecule has 0 radical (unpaired) electrons. The average molecular weight is 272 g/mol. The molecule has 0 aromatic carbocycles. The molecular weight excluding hydrogens is 252 g/mol. The maximum Gasteiger partial charge on any atom is 0.326 e. The second-order valence-electron chi connectivity index (χ2n) is 4.97. The van der Waals surface area contributed by atoms with Gasteiger partial charge < -0.3 is 20.4 Å². The molecule has 1 saturated heterocycles. The van der Waals surface area contributed by atoms with Crippen LogP contribution in [0.15, 0.2) is 0 Å². The van der Waals surface area contributed by atoms with Crippen molar-refractivity contribution in [3.8, 4) is 0 Å². The van der Waals surface area contributed by atoms with Crippen molar-refractivity contribution in [1.82, 2.24) is 10.2 Å². The number of piperidine rings is 1. The number of nitrogens with zero attached hydrogens (tertiary/aromatic N) is 1. The highest BCUT2D eigenvalue weighted by Crippen LogP contribution is 2.22. The fraction of sp³-hybridized carbons (Fsp3) is 0.750. The number of rotatable bonds is 4. The van der Waals surface area contributed by atoms with E-state index in [4.69, 9.17) is 10.2 Å². The Morgan fingerprint density at radius 1 is 1.21 bits per heavy atom. The molecule has 0 spiro atoms. The van der Waals surface area contributed by atoms with Gasteiger partial charge in [-0.1, -0.05) is 0 Å². The zero-order valence-corrected chi connectivity index (χ0v) is 11.1. The minimum Gasteiger partial charge on any atom is -0.481 e. The minimum atomic E-state index is -1.40. The van der Waals surface area contributed by atoms with Crippen LogP contribution in [0.1, 0.15) is 39.5 Å². The van der Waals surface area contributed by atoms with Crippen LogP contribution >= 0.6 is 0 Å². The van der Waals surface area contributed by atoms with Crippen LogP contribution in [0.3, 0.4) is 0 Å². The third-order valence-electron chi connectivity index (χ3n) is 3.40. The zero-order chi connectivity index (χ0) is 14.6. The Labute approximate surface area is 111 Å². The van der Waals surface area contributed by atoms with Gasteiger partial charge in [-0.05, 0) is 33.1 Å². The van der Waals surface area contributed by atoms with E-state index in [1.807, 2.05) is 13.8 Å². The van der Waals surface area contributed by atoms with E-state index in [0.29, 0.717) is 0 Å². The molecule has 7 nitrogen and oxygen atoms in total. The molecule has 19 heavy (non-hydrogen) atoms. The standard InChI is InChI=1S/C12H20N2O5/c1-7-4-3-5-8(2)14(7)12(19)13-9(11(17)18)6-10(15)16/h7-9H,3-6H2,1-2H3,(H,13,19)(H,15,16)(H,17,18)/t7?,8?,9-/m1/s1. The Morgan fingerprint density at radius 2 is 1.74 bits per heavy atom. The third kappa shape index (κ3) is 4.11. The molecule has 1 heterocycles. The Kier molecular flexibility index (Phi) is 5.14. The van der Waals surface area contributed by atoms with E-state index in [1.165, 1.54) is 0 Å². The van der Waals surface area contributed by atoms with E-state index >= 15 is 0 Å². The first kappa shape index (κ1) is 15.3. The highest BCUT2D eigenvalue weighted by atomic mass is 16.4. The fourth-order valence-corrected chi connectivity index (χ4v) is 2.42. The number of carboxylic acids is 2. The van der Waals surface area contributed by atoms with Gasteiger partial charge in [-0.15, -0.1) is 0 Å². The van der Waals surface area contributed by atoms with Crippen LogP contribution in [-0.2, 0) is 9.59 Å². The Morgan fingerprint density at radius 3 is 2.16 bits per heavy atom. The molecule has 7 heteroatoms. The van der Waals surface area contributed by atoms with Gasteiger partial charge in [0.05, 0.1) is 6.42 Å². The summed E-state index contributed by atoms with van der Waals surface area (Å²) in [5.41, 5.74) is 0. The van der Waals surface area contributed by atoms with Crippen molar-refractivity contribution in [3.63, 3.8) is 0 Å². The molecule has 3 atom stereocenters. The van der Waals surface area contributed by atoms with E-state index < -0.39 is 30.4 Å². The van der Waals surface area contributed by atoms with Crippen molar-refractivity contribution in [2.75, 3.05) is 0 Å². The van der Waals surface area contributed by atoms with Gasteiger partial charge in [0.25, 0.3) is 0 Å². The summed E-state index contributed by atoms with van der Waals surface area (Å²) in [6, 6.07) is -1.84. The van der Waals surface area contributed by atoms with Gasteiger partial charge in [-0.25, -0.2) is 9.59 Å². The first-order chi connectivity index (χ1) is 8.82. The highest BCUT2D eigenvalue weighted by molar-refractivity contribution is 5.86. The maximum atomic E-state index is 12.1. The molecular formula is C12H20N2O5. The summed E-state index contributed by atoms with van der Waals surface area (Å²) in [5.74, 6) is -2.60. The quantitative estimate of drug-likeness (QED) is 0.704. The zero-order valence-electron chi connectivity index (χ0n) is 11.1. The van der Waals surface area contributed by atoms with Crippen LogP contribution < -0.4 is 5.32 Å². The van der Waals surface area contributed by atoms with Crippen molar-refractivity contribution in [1.29, 1.82) is 0 Å². The van der Waals surface area contributed by atoms with Crippen molar-refractivity contribution in [3.05, 3.63) is 0 Å². The number of hydrogen-bond donors (Lipinski definition) is 3. The smallest absolute Gasteiger partial charge is 0.326 e. The van der Waals surface area contributed by atoms with E-state index in [-0.39, 0.29) is 12.1 Å². The molecule has 108 valence electrons. The van der Waals surface area contributed by atoms with E-state index in [1.54, 1.807) is 4.90 Å². The lowest BCUT2D eigenvalue weighted by atomic mass is 9.98. The normalized spacial score (nSPS) is 24.6. The van der Waals surface area contributed by atoms with E-state index in [9.17, 15) is 14.4 Å². The van der Waals surface area contributed by atoms with E-state index in [2.05, 4.69) is 5.32 Å². The number of carbonyl (C=O) groups excluding carboxylic acids is 1. The van der Waals surface area contributed by atoms with Crippen molar-refractivity contribution in [2.45, 2.75) is 57.7 Å². The number of amides is 2. The molecule has 1 fully saturated rings. The molecule has 2 unspecified atom stereocenters. The lowest BCUT2D eigenvalue weighted by molar-refractivity contribution is -0.145. The topological polar surface area (TPSA) is 107 Å². The van der Waals surface area contributed by atoms with Crippen LogP contribution in [0.4, 0.5) is 4.79 Å². The van der Waals surface area contributed by atoms with E-state index in [0.717, 1.165) is 19.3 Å². The molecule has 1 aliphatic rings. The minimum absolute atomic E-state index is 0.0306. The Bertz CT molecular complexity index is 361. The van der Waals surface area contributed by atoms with Crippen LogP contribution in [0.25, 0.3) is 0 Å². The lowest BCUT2D eigenvalue weighted by Crippen LogP contribution is -2.55. The second kappa shape index (κ2) is 6.40. The maximum absolute atomic E-state index is 12.1. The van der Waals surface area contributed by atoms with Gasteiger partial charge in [-0.3, -0.25) is 4.79 Å². The fourth-order valence-electron chi connectivity index (χ4n) is 2.42.